The summed E-state index contributed by atoms with van der Waals surface area (Å²) in [5, 5.41) is 0. The van der Waals surface area contributed by atoms with Crippen LogP contribution < -0.4 is 5.73 Å². The third-order valence-electron chi connectivity index (χ3n) is 2.66. The fourth-order valence-electron chi connectivity index (χ4n) is 1.57. The Hall–Kier alpha value is -0.180. The van der Waals surface area contributed by atoms with Gasteiger partial charge >= 0.3 is 0 Å². The van der Waals surface area contributed by atoms with Gasteiger partial charge in [0.05, 0.1) is 5.54 Å². The molecule has 66 valence electrons. The monoisotopic (exact) mass is 163 g/mol. The summed E-state index contributed by atoms with van der Waals surface area (Å²) in [5.74, 6) is 0.902. The molecule has 3 heteroatoms. The van der Waals surface area contributed by atoms with E-state index < -0.39 is 12.0 Å². The van der Waals surface area contributed by atoms with Crippen molar-refractivity contribution < 1.29 is 8.78 Å². The molecule has 11 heavy (non-hydrogen) atoms. The zero-order chi connectivity index (χ0) is 8.65. The van der Waals surface area contributed by atoms with E-state index in [9.17, 15) is 8.78 Å². The Kier molecular flexibility index (Phi) is 2.19. The van der Waals surface area contributed by atoms with Gasteiger partial charge in [-0.25, -0.2) is 8.78 Å². The summed E-state index contributed by atoms with van der Waals surface area (Å²) in [7, 11) is 0. The number of hydrogen-bond donors (Lipinski definition) is 1. The molecule has 0 unspecified atom stereocenters. The second-order valence-corrected chi connectivity index (χ2v) is 3.95. The van der Waals surface area contributed by atoms with Crippen LogP contribution in [0.4, 0.5) is 8.78 Å². The first-order valence-corrected chi connectivity index (χ1v) is 4.03. The van der Waals surface area contributed by atoms with E-state index in [0.29, 0.717) is 24.7 Å². The van der Waals surface area contributed by atoms with Crippen LogP contribution in [0.15, 0.2) is 0 Å². The first-order chi connectivity index (χ1) is 4.96. The van der Waals surface area contributed by atoms with Gasteiger partial charge in [-0.3, -0.25) is 0 Å². The van der Waals surface area contributed by atoms with Gasteiger partial charge in [0, 0.05) is 0 Å². The maximum atomic E-state index is 12.2. The van der Waals surface area contributed by atoms with E-state index >= 15 is 0 Å². The fraction of sp³-hybridized carbons (Fsp3) is 1.00. The van der Waals surface area contributed by atoms with E-state index in [2.05, 4.69) is 13.8 Å². The van der Waals surface area contributed by atoms with Crippen LogP contribution >= 0.6 is 0 Å². The summed E-state index contributed by atoms with van der Waals surface area (Å²) in [6.45, 7) is 4.10. The Morgan fingerprint density at radius 2 is 1.82 bits per heavy atom. The molecule has 0 radical (unpaired) electrons. The minimum atomic E-state index is -2.35. The second-order valence-electron chi connectivity index (χ2n) is 3.95. The average molecular weight is 163 g/mol. The number of nitrogens with two attached hydrogens (primary N) is 1. The van der Waals surface area contributed by atoms with Crippen molar-refractivity contribution in [1.82, 2.24) is 0 Å². The summed E-state index contributed by atoms with van der Waals surface area (Å²) >= 11 is 0. The molecule has 0 saturated heterocycles. The Balaban J connectivity index is 2.38. The number of alkyl halides is 2. The molecule has 0 bridgehead atoms. The molecule has 1 aliphatic carbocycles. The first kappa shape index (κ1) is 8.91. The van der Waals surface area contributed by atoms with Gasteiger partial charge in [0.15, 0.2) is 0 Å². The Morgan fingerprint density at radius 1 is 1.36 bits per heavy atom. The molecule has 1 aliphatic rings. The molecule has 1 saturated carbocycles. The van der Waals surface area contributed by atoms with Gasteiger partial charge < -0.3 is 5.73 Å². The van der Waals surface area contributed by atoms with E-state index in [0.717, 1.165) is 0 Å². The van der Waals surface area contributed by atoms with Crippen LogP contribution in [0.1, 0.15) is 26.7 Å². The maximum absolute atomic E-state index is 12.2. The maximum Gasteiger partial charge on any atom is 0.256 e. The van der Waals surface area contributed by atoms with Crippen molar-refractivity contribution in [2.45, 2.75) is 38.7 Å². The number of hydrogen-bond acceptors (Lipinski definition) is 1. The molecule has 0 spiro atoms. The van der Waals surface area contributed by atoms with Gasteiger partial charge in [0.25, 0.3) is 6.43 Å². The van der Waals surface area contributed by atoms with Gasteiger partial charge in [-0.05, 0) is 24.7 Å². The van der Waals surface area contributed by atoms with Gasteiger partial charge in [-0.2, -0.15) is 0 Å². The quantitative estimate of drug-likeness (QED) is 0.662. The van der Waals surface area contributed by atoms with Crippen LogP contribution in [0.5, 0.6) is 0 Å². The molecule has 0 aromatic carbocycles. The van der Waals surface area contributed by atoms with Gasteiger partial charge in [-0.1, -0.05) is 13.8 Å². The molecule has 1 rings (SSSR count). The van der Waals surface area contributed by atoms with Crippen molar-refractivity contribution in [2.24, 2.45) is 17.6 Å². The minimum absolute atomic E-state index is 0.411. The van der Waals surface area contributed by atoms with E-state index in [-0.39, 0.29) is 0 Å². The summed E-state index contributed by atoms with van der Waals surface area (Å²) in [5.41, 5.74) is 4.27. The number of rotatable bonds is 2. The smallest absolute Gasteiger partial charge is 0.256 e. The lowest BCUT2D eigenvalue weighted by molar-refractivity contribution is -0.0363. The Morgan fingerprint density at radius 3 is 2.09 bits per heavy atom. The molecule has 1 fully saturated rings. The van der Waals surface area contributed by atoms with Crippen LogP contribution in [-0.4, -0.2) is 12.0 Å². The van der Waals surface area contributed by atoms with Gasteiger partial charge in [0.2, 0.25) is 0 Å². The van der Waals surface area contributed by atoms with Crippen molar-refractivity contribution in [3.05, 3.63) is 0 Å². The first-order valence-electron chi connectivity index (χ1n) is 4.03. The van der Waals surface area contributed by atoms with Crippen molar-refractivity contribution in [1.29, 1.82) is 0 Å². The lowest BCUT2D eigenvalue weighted by atomic mass is 9.65. The third-order valence-corrected chi connectivity index (χ3v) is 2.66. The predicted octanol–water partition coefficient (Wildman–Crippen LogP) is 2.02. The van der Waals surface area contributed by atoms with Crippen molar-refractivity contribution in [3.63, 3.8) is 0 Å². The molecule has 0 heterocycles. The topological polar surface area (TPSA) is 26.0 Å². The zero-order valence-electron chi connectivity index (χ0n) is 6.98. The summed E-state index contributed by atoms with van der Waals surface area (Å²) < 4.78 is 24.4. The Labute approximate surface area is 66.0 Å². The second kappa shape index (κ2) is 2.70. The number of halogens is 2. The highest BCUT2D eigenvalue weighted by molar-refractivity contribution is 5.01. The molecular formula is C8H15F2N. The van der Waals surface area contributed by atoms with Gasteiger partial charge in [0.1, 0.15) is 0 Å². The molecule has 0 amide bonds. The van der Waals surface area contributed by atoms with E-state index in [4.69, 9.17) is 5.73 Å². The minimum Gasteiger partial charge on any atom is -0.320 e. The molecule has 0 aromatic rings. The van der Waals surface area contributed by atoms with Crippen LogP contribution in [0.2, 0.25) is 0 Å². The van der Waals surface area contributed by atoms with E-state index in [1.165, 1.54) is 0 Å². The van der Waals surface area contributed by atoms with E-state index in [1.54, 1.807) is 0 Å². The fourth-order valence-corrected chi connectivity index (χ4v) is 1.57. The van der Waals surface area contributed by atoms with Crippen molar-refractivity contribution in [2.75, 3.05) is 0 Å². The molecule has 0 atom stereocenters. The highest BCUT2D eigenvalue weighted by Crippen LogP contribution is 2.43. The predicted molar refractivity (Wildman–Crippen MR) is 40.5 cm³/mol. The molecule has 0 aliphatic heterocycles. The third kappa shape index (κ3) is 1.53. The summed E-state index contributed by atoms with van der Waals surface area (Å²) in [4.78, 5) is 0. The van der Waals surface area contributed by atoms with Crippen LogP contribution in [0.3, 0.4) is 0 Å². The van der Waals surface area contributed by atoms with Crippen LogP contribution in [-0.2, 0) is 0 Å². The van der Waals surface area contributed by atoms with E-state index in [1.807, 2.05) is 0 Å². The van der Waals surface area contributed by atoms with Crippen LogP contribution in [0.25, 0.3) is 0 Å². The molecular weight excluding hydrogens is 148 g/mol. The van der Waals surface area contributed by atoms with Crippen molar-refractivity contribution in [3.8, 4) is 0 Å². The van der Waals surface area contributed by atoms with Crippen LogP contribution in [0, 0.1) is 11.8 Å². The Bertz CT molecular complexity index is 139. The van der Waals surface area contributed by atoms with Gasteiger partial charge in [-0.15, -0.1) is 0 Å². The molecule has 2 N–H and O–H groups in total. The normalized spacial score (nSPS) is 37.9. The summed E-state index contributed by atoms with van der Waals surface area (Å²) in [6.07, 6.45) is -1.37. The largest absolute Gasteiger partial charge is 0.320 e. The lowest BCUT2D eigenvalue weighted by Crippen LogP contribution is -2.58. The highest BCUT2D eigenvalue weighted by atomic mass is 19.3. The lowest BCUT2D eigenvalue weighted by Gasteiger charge is -2.46. The SMILES string of the molecule is CC(C)C1CC(N)(C(F)F)C1. The van der Waals surface area contributed by atoms with Crippen molar-refractivity contribution >= 4 is 0 Å². The average Bonchev–Trinajstić information content (AvgIpc) is 1.79. The zero-order valence-corrected chi connectivity index (χ0v) is 6.98. The molecule has 1 nitrogen and oxygen atoms in total. The molecule has 0 aromatic heterocycles. The summed E-state index contributed by atoms with van der Waals surface area (Å²) in [6, 6.07) is 0. The highest BCUT2D eigenvalue weighted by Gasteiger charge is 2.48. The standard InChI is InChI=1S/C8H15F2N/c1-5(2)6-3-8(11,4-6)7(9)10/h5-7H,3-4,11H2,1-2H3.